The third kappa shape index (κ3) is 10.6. The number of nitrogens with one attached hydrogen (secondary N) is 3. The van der Waals surface area contributed by atoms with E-state index in [1.807, 2.05) is 0 Å². The summed E-state index contributed by atoms with van der Waals surface area (Å²) in [6.07, 6.45) is 8.90. The van der Waals surface area contributed by atoms with E-state index in [1.165, 1.54) is 23.3 Å². The first-order valence-corrected chi connectivity index (χ1v) is 27.2. The van der Waals surface area contributed by atoms with Gasteiger partial charge in [0, 0.05) is 81.4 Å². The number of aliphatic hydroxyl groups is 1. The number of benzene rings is 2. The highest BCUT2D eigenvalue weighted by molar-refractivity contribution is 7.90. The first kappa shape index (κ1) is 50.6. The number of anilines is 2. The lowest BCUT2D eigenvalue weighted by molar-refractivity contribution is -0.384. The highest BCUT2D eigenvalue weighted by Gasteiger charge is 2.50. The van der Waals surface area contributed by atoms with Gasteiger partial charge in [-0.15, -0.1) is 0 Å². The molecule has 1 atom stereocenters. The summed E-state index contributed by atoms with van der Waals surface area (Å²) in [4.78, 5) is 44.1. The average molecular weight is 1020 g/mol. The Bertz CT molecular complexity index is 2960. The molecular formula is C53H66FN9O9S. The molecule has 390 valence electrons. The molecule has 5 fully saturated rings. The number of sulfonamides is 1. The summed E-state index contributed by atoms with van der Waals surface area (Å²) in [7, 11) is -4.74. The van der Waals surface area contributed by atoms with E-state index in [-0.39, 0.29) is 57.7 Å². The number of carbonyl (C=O) groups excluding carboxylic acids is 1. The topological polar surface area (TPSA) is 218 Å². The predicted octanol–water partition coefficient (Wildman–Crippen LogP) is 8.30. The maximum atomic E-state index is 15.0. The van der Waals surface area contributed by atoms with Crippen LogP contribution in [0.1, 0.15) is 113 Å². The van der Waals surface area contributed by atoms with Crippen LogP contribution < -0.4 is 24.4 Å². The van der Waals surface area contributed by atoms with E-state index in [1.54, 1.807) is 26.0 Å². The van der Waals surface area contributed by atoms with Gasteiger partial charge in [0.15, 0.2) is 5.75 Å². The normalized spacial score (nSPS) is 23.0. The maximum absolute atomic E-state index is 15.0. The van der Waals surface area contributed by atoms with Gasteiger partial charge in [-0.05, 0) is 106 Å². The molecule has 2 saturated carbocycles. The van der Waals surface area contributed by atoms with Crippen molar-refractivity contribution in [2.75, 3.05) is 69.3 Å². The Morgan fingerprint density at radius 1 is 1.03 bits per heavy atom. The Labute approximate surface area is 425 Å². The van der Waals surface area contributed by atoms with Crippen LogP contribution in [0.2, 0.25) is 0 Å². The Morgan fingerprint density at radius 3 is 2.48 bits per heavy atom. The highest BCUT2D eigenvalue weighted by Crippen LogP contribution is 2.54. The molecule has 5 aliphatic rings. The first-order valence-electron chi connectivity index (χ1n) is 25.7. The number of piperidine rings is 1. The number of H-pyrrole nitrogens is 1. The summed E-state index contributed by atoms with van der Waals surface area (Å²) in [5.41, 5.74) is 2.50. The summed E-state index contributed by atoms with van der Waals surface area (Å²) in [5, 5.41) is 25.7. The van der Waals surface area contributed by atoms with E-state index in [2.05, 4.69) is 77.8 Å². The molecule has 6 heterocycles. The number of nitro groups is 1. The molecule has 3 saturated heterocycles. The molecule has 0 radical (unpaired) electrons. The smallest absolute Gasteiger partial charge is 0.312 e. The second-order valence-electron chi connectivity index (χ2n) is 21.4. The third-order valence-electron chi connectivity index (χ3n) is 16.1. The molecule has 0 unspecified atom stereocenters. The quantitative estimate of drug-likeness (QED) is 0.0540. The fourth-order valence-corrected chi connectivity index (χ4v) is 12.6. The number of pyridine rings is 2. The van der Waals surface area contributed by atoms with Crippen molar-refractivity contribution >= 4 is 44.2 Å². The lowest BCUT2D eigenvalue weighted by Crippen LogP contribution is -2.62. The van der Waals surface area contributed by atoms with Gasteiger partial charge in [0.25, 0.3) is 21.8 Å². The van der Waals surface area contributed by atoms with Crippen molar-refractivity contribution < 1.29 is 41.8 Å². The van der Waals surface area contributed by atoms with Gasteiger partial charge in [-0.3, -0.25) is 24.7 Å². The van der Waals surface area contributed by atoms with Gasteiger partial charge in [-0.2, -0.15) is 4.98 Å². The van der Waals surface area contributed by atoms with Crippen LogP contribution >= 0.6 is 0 Å². The SMILES string of the molecule is CCOc1nc2[nH]cc(F)c2cc1Oc1cc(N2CCC3(CC2)CC(N2CCN(C4COC4)C[C@H]2c2ccccc2C(C)C)C3)ccc1C(=O)NS(=O)(=O)c1cnc(NCC2CCC(C)(O)CC2)c([N+](=O)[O-])c1. The number of halogens is 1. The summed E-state index contributed by atoms with van der Waals surface area (Å²) in [5.74, 6) is -1.23. The fourth-order valence-electron chi connectivity index (χ4n) is 11.7. The minimum Gasteiger partial charge on any atom is -0.475 e. The molecule has 0 bridgehead atoms. The number of amides is 1. The molecule has 4 N–H and O–H groups in total. The minimum atomic E-state index is -4.74. The second-order valence-corrected chi connectivity index (χ2v) is 23.0. The van der Waals surface area contributed by atoms with E-state index in [0.29, 0.717) is 56.3 Å². The van der Waals surface area contributed by atoms with E-state index < -0.39 is 42.9 Å². The zero-order valence-electron chi connectivity index (χ0n) is 41.9. The van der Waals surface area contributed by atoms with Gasteiger partial charge in [-0.1, -0.05) is 38.1 Å². The van der Waals surface area contributed by atoms with E-state index in [4.69, 9.17) is 14.2 Å². The lowest BCUT2D eigenvalue weighted by Gasteiger charge is -2.59. The van der Waals surface area contributed by atoms with Crippen molar-refractivity contribution in [1.29, 1.82) is 0 Å². The van der Waals surface area contributed by atoms with Crippen LogP contribution in [0, 0.1) is 27.3 Å². The molecule has 3 aliphatic heterocycles. The monoisotopic (exact) mass is 1020 g/mol. The van der Waals surface area contributed by atoms with Crippen LogP contribution in [0.5, 0.6) is 17.4 Å². The number of hydrogen-bond donors (Lipinski definition) is 4. The number of fused-ring (bicyclic) bond motifs is 1. The number of piperazine rings is 1. The number of rotatable bonds is 16. The molecule has 1 spiro atoms. The zero-order valence-corrected chi connectivity index (χ0v) is 42.8. The number of nitrogens with zero attached hydrogens (tertiary/aromatic N) is 6. The molecule has 18 nitrogen and oxygen atoms in total. The van der Waals surface area contributed by atoms with Gasteiger partial charge < -0.3 is 34.5 Å². The molecule has 2 aliphatic carbocycles. The van der Waals surface area contributed by atoms with Gasteiger partial charge in [0.2, 0.25) is 5.82 Å². The number of hydrogen-bond acceptors (Lipinski definition) is 15. The van der Waals surface area contributed by atoms with E-state index in [9.17, 15) is 32.8 Å². The maximum Gasteiger partial charge on any atom is 0.312 e. The largest absolute Gasteiger partial charge is 0.475 e. The Kier molecular flexibility index (Phi) is 14.1. The van der Waals surface area contributed by atoms with Crippen LogP contribution in [0.15, 0.2) is 71.9 Å². The third-order valence-corrected chi connectivity index (χ3v) is 17.4. The van der Waals surface area contributed by atoms with Crippen LogP contribution in [0.25, 0.3) is 11.0 Å². The van der Waals surface area contributed by atoms with Crippen LogP contribution in [-0.4, -0.2) is 126 Å². The molecule has 5 aromatic rings. The molecule has 2 aromatic carbocycles. The van der Waals surface area contributed by atoms with Crippen molar-refractivity contribution in [2.24, 2.45) is 11.3 Å². The fraction of sp³-hybridized carbons (Fsp3) is 0.528. The van der Waals surface area contributed by atoms with Crippen LogP contribution in [-0.2, 0) is 14.8 Å². The summed E-state index contributed by atoms with van der Waals surface area (Å²) >= 11 is 0. The van der Waals surface area contributed by atoms with Gasteiger partial charge in [0.05, 0.1) is 53.5 Å². The van der Waals surface area contributed by atoms with Crippen molar-refractivity contribution in [3.63, 3.8) is 0 Å². The van der Waals surface area contributed by atoms with Gasteiger partial charge in [0.1, 0.15) is 22.1 Å². The van der Waals surface area contributed by atoms with Crippen molar-refractivity contribution in [3.05, 3.63) is 99.6 Å². The van der Waals surface area contributed by atoms with Crippen molar-refractivity contribution in [2.45, 2.75) is 114 Å². The molecular weight excluding hydrogens is 958 g/mol. The summed E-state index contributed by atoms with van der Waals surface area (Å²) in [6, 6.07) is 17.4. The Morgan fingerprint density at radius 2 is 1.78 bits per heavy atom. The summed E-state index contributed by atoms with van der Waals surface area (Å²) < 4.78 is 62.6. The van der Waals surface area contributed by atoms with Gasteiger partial charge in [-0.25, -0.2) is 22.5 Å². The molecule has 1 amide bonds. The Balaban J connectivity index is 0.870. The van der Waals surface area contributed by atoms with Crippen LogP contribution in [0.3, 0.4) is 0 Å². The van der Waals surface area contributed by atoms with E-state index >= 15 is 0 Å². The Hall–Kier alpha value is -5.93. The van der Waals surface area contributed by atoms with Crippen molar-refractivity contribution in [1.82, 2.24) is 29.5 Å². The average Bonchev–Trinajstić information content (AvgIpc) is 3.70. The number of carbonyl (C=O) groups is 1. The second kappa shape index (κ2) is 20.4. The highest BCUT2D eigenvalue weighted by atomic mass is 32.2. The number of aromatic nitrogens is 3. The minimum absolute atomic E-state index is 0.00212. The summed E-state index contributed by atoms with van der Waals surface area (Å²) in [6.45, 7) is 14.8. The molecule has 20 heteroatoms. The number of ether oxygens (including phenoxy) is 3. The number of aromatic amines is 1. The van der Waals surface area contributed by atoms with Crippen molar-refractivity contribution in [3.8, 4) is 17.4 Å². The van der Waals surface area contributed by atoms with E-state index in [0.717, 1.165) is 95.8 Å². The van der Waals surface area contributed by atoms with Crippen LogP contribution in [0.4, 0.5) is 21.6 Å². The molecule has 73 heavy (non-hydrogen) atoms. The standard InChI is InChI=1S/C53H66FN9O9S/c1-5-71-51-47(24-42-43(54)29-57-48(42)58-51)72-46-22-35(10-11-41(46)50(64)59-73(68,69)38-23-44(63(66)67)49(56-28-38)55-27-34-12-14-52(4,65)15-13-34)60-18-16-53(17-19-60)25-36(26-53)62-21-20-61(37-31-70-32-37)30-45(62)40-9-7-6-8-39(40)33(2)3/h6-11,22-24,28-29,33-34,36-37,45,65H,5,12-21,25-27,30-32H2,1-4H3,(H,55,56)(H,57,58)(H,59,64)/t34?,45-,52?/m0/s1. The molecule has 3 aromatic heterocycles. The first-order chi connectivity index (χ1) is 35.0. The van der Waals surface area contributed by atoms with Gasteiger partial charge >= 0.3 is 5.69 Å². The zero-order chi connectivity index (χ0) is 51.2. The molecule has 10 rings (SSSR count). The predicted molar refractivity (Wildman–Crippen MR) is 273 cm³/mol. The lowest BCUT2D eigenvalue weighted by atomic mass is 9.59.